The van der Waals surface area contributed by atoms with Gasteiger partial charge in [0, 0.05) is 18.6 Å². The van der Waals surface area contributed by atoms with Crippen LogP contribution in [0.15, 0.2) is 0 Å². The second-order valence-corrected chi connectivity index (χ2v) is 7.38. The third-order valence-electron chi connectivity index (χ3n) is 5.21. The molecule has 0 radical (unpaired) electrons. The lowest BCUT2D eigenvalue weighted by atomic mass is 9.70. The van der Waals surface area contributed by atoms with E-state index < -0.39 is 0 Å². The van der Waals surface area contributed by atoms with Crippen LogP contribution in [-0.4, -0.2) is 48.0 Å². The Morgan fingerprint density at radius 1 is 1.05 bits per heavy atom. The first-order chi connectivity index (χ1) is 8.91. The zero-order valence-corrected chi connectivity index (χ0v) is 13.1. The molecule has 0 amide bonds. The van der Waals surface area contributed by atoms with Crippen LogP contribution in [0, 0.1) is 17.8 Å². The van der Waals surface area contributed by atoms with Crippen molar-refractivity contribution in [1.29, 1.82) is 0 Å². The fraction of sp³-hybridized carbons (Fsp3) is 1.00. The fourth-order valence-electron chi connectivity index (χ4n) is 4.17. The van der Waals surface area contributed by atoms with Gasteiger partial charge in [0.25, 0.3) is 0 Å². The molecule has 2 rings (SSSR count). The first kappa shape index (κ1) is 15.3. The van der Waals surface area contributed by atoms with Crippen LogP contribution in [0.2, 0.25) is 0 Å². The summed E-state index contributed by atoms with van der Waals surface area (Å²) >= 11 is 0. The molecule has 0 aromatic heterocycles. The molecule has 3 atom stereocenters. The Bertz CT molecular complexity index is 276. The standard InChI is InChI=1S/C16H31NO2/c1-12-9-13(2)11-14(10-12)15(18)16(3,4)17-5-7-19-8-6-17/h12-15,18H,5-11H2,1-4H3. The zero-order valence-electron chi connectivity index (χ0n) is 13.1. The lowest BCUT2D eigenvalue weighted by molar-refractivity contribution is -0.0905. The molecule has 3 nitrogen and oxygen atoms in total. The third-order valence-corrected chi connectivity index (χ3v) is 5.21. The maximum atomic E-state index is 10.9. The Kier molecular flexibility index (Phi) is 4.91. The van der Waals surface area contributed by atoms with Crippen molar-refractivity contribution in [2.45, 2.75) is 58.6 Å². The number of aliphatic hydroxyl groups is 1. The van der Waals surface area contributed by atoms with E-state index in [1.54, 1.807) is 0 Å². The average molecular weight is 269 g/mol. The Balaban J connectivity index is 2.01. The van der Waals surface area contributed by atoms with Gasteiger partial charge in [0.15, 0.2) is 0 Å². The van der Waals surface area contributed by atoms with Crippen LogP contribution in [0.4, 0.5) is 0 Å². The number of hydrogen-bond acceptors (Lipinski definition) is 3. The Hall–Kier alpha value is -0.120. The van der Waals surface area contributed by atoms with Crippen molar-refractivity contribution in [1.82, 2.24) is 4.90 Å². The van der Waals surface area contributed by atoms with Gasteiger partial charge in [0.1, 0.15) is 0 Å². The Labute approximate surface area is 118 Å². The molecule has 0 aromatic rings. The van der Waals surface area contributed by atoms with Crippen LogP contribution < -0.4 is 0 Å². The van der Waals surface area contributed by atoms with Crippen molar-refractivity contribution in [2.75, 3.05) is 26.3 Å². The number of ether oxygens (including phenoxy) is 1. The Morgan fingerprint density at radius 2 is 1.58 bits per heavy atom. The third kappa shape index (κ3) is 3.50. The summed E-state index contributed by atoms with van der Waals surface area (Å²) in [7, 11) is 0. The molecule has 19 heavy (non-hydrogen) atoms. The van der Waals surface area contributed by atoms with Crippen LogP contribution in [0.3, 0.4) is 0 Å². The molecule has 3 heteroatoms. The Morgan fingerprint density at radius 3 is 2.11 bits per heavy atom. The highest BCUT2D eigenvalue weighted by Gasteiger charge is 2.41. The van der Waals surface area contributed by atoms with Crippen LogP contribution in [-0.2, 0) is 4.74 Å². The summed E-state index contributed by atoms with van der Waals surface area (Å²) in [5.74, 6) is 1.96. The van der Waals surface area contributed by atoms with Gasteiger partial charge in [0.05, 0.1) is 19.3 Å². The zero-order chi connectivity index (χ0) is 14.0. The smallest absolute Gasteiger partial charge is 0.0746 e. The van der Waals surface area contributed by atoms with Gasteiger partial charge in [-0.2, -0.15) is 0 Å². The molecule has 0 spiro atoms. The van der Waals surface area contributed by atoms with Gasteiger partial charge in [-0.15, -0.1) is 0 Å². The van der Waals surface area contributed by atoms with Crippen molar-refractivity contribution < 1.29 is 9.84 Å². The van der Waals surface area contributed by atoms with E-state index in [0.29, 0.717) is 5.92 Å². The van der Waals surface area contributed by atoms with Crippen LogP contribution in [0.25, 0.3) is 0 Å². The van der Waals surface area contributed by atoms with Crippen molar-refractivity contribution in [3.63, 3.8) is 0 Å². The van der Waals surface area contributed by atoms with Crippen molar-refractivity contribution >= 4 is 0 Å². The molecular weight excluding hydrogens is 238 g/mol. The molecule has 1 heterocycles. The summed E-state index contributed by atoms with van der Waals surface area (Å²) in [6.07, 6.45) is 3.45. The van der Waals surface area contributed by atoms with Crippen molar-refractivity contribution in [3.05, 3.63) is 0 Å². The minimum Gasteiger partial charge on any atom is -0.391 e. The van der Waals surface area contributed by atoms with Crippen molar-refractivity contribution in [2.24, 2.45) is 17.8 Å². The van der Waals surface area contributed by atoms with Gasteiger partial charge in [-0.25, -0.2) is 0 Å². The predicted molar refractivity (Wildman–Crippen MR) is 78.1 cm³/mol. The summed E-state index contributed by atoms with van der Waals surface area (Å²) in [5.41, 5.74) is -0.134. The number of hydrogen-bond donors (Lipinski definition) is 1. The van der Waals surface area contributed by atoms with E-state index in [9.17, 15) is 5.11 Å². The molecule has 0 aromatic carbocycles. The quantitative estimate of drug-likeness (QED) is 0.854. The fourth-order valence-corrected chi connectivity index (χ4v) is 4.17. The van der Waals surface area contributed by atoms with E-state index in [0.717, 1.165) is 38.1 Å². The minimum atomic E-state index is -0.226. The number of aliphatic hydroxyl groups excluding tert-OH is 1. The van der Waals surface area contributed by atoms with Crippen LogP contribution >= 0.6 is 0 Å². The molecule has 2 aliphatic rings. The van der Waals surface area contributed by atoms with E-state index in [1.807, 2.05) is 0 Å². The van der Waals surface area contributed by atoms with Crippen molar-refractivity contribution in [3.8, 4) is 0 Å². The second-order valence-electron chi connectivity index (χ2n) is 7.38. The summed E-state index contributed by atoms with van der Waals surface area (Å²) < 4.78 is 5.43. The summed E-state index contributed by atoms with van der Waals surface area (Å²) in [6, 6.07) is 0. The summed E-state index contributed by atoms with van der Waals surface area (Å²) in [4.78, 5) is 2.41. The SMILES string of the molecule is CC1CC(C)CC(C(O)C(C)(C)N2CCOCC2)C1. The molecule has 1 saturated heterocycles. The van der Waals surface area contributed by atoms with Gasteiger partial charge in [0.2, 0.25) is 0 Å². The van der Waals surface area contributed by atoms with E-state index in [-0.39, 0.29) is 11.6 Å². The minimum absolute atomic E-state index is 0.134. The van der Waals surface area contributed by atoms with Gasteiger partial charge >= 0.3 is 0 Å². The lowest BCUT2D eigenvalue weighted by Gasteiger charge is -2.48. The summed E-state index contributed by atoms with van der Waals surface area (Å²) in [5, 5.41) is 10.9. The van der Waals surface area contributed by atoms with E-state index in [2.05, 4.69) is 32.6 Å². The lowest BCUT2D eigenvalue weighted by Crippen LogP contribution is -2.58. The molecular formula is C16H31NO2. The maximum absolute atomic E-state index is 10.9. The molecule has 1 aliphatic carbocycles. The average Bonchev–Trinajstić information content (AvgIpc) is 2.37. The van der Waals surface area contributed by atoms with Gasteiger partial charge < -0.3 is 9.84 Å². The molecule has 1 aliphatic heterocycles. The molecule has 1 saturated carbocycles. The topological polar surface area (TPSA) is 32.7 Å². The first-order valence-electron chi connectivity index (χ1n) is 7.92. The molecule has 2 fully saturated rings. The monoisotopic (exact) mass is 269 g/mol. The number of rotatable bonds is 3. The largest absolute Gasteiger partial charge is 0.391 e. The first-order valence-corrected chi connectivity index (χ1v) is 7.92. The molecule has 3 unspecified atom stereocenters. The second kappa shape index (κ2) is 6.11. The molecule has 1 N–H and O–H groups in total. The highest BCUT2D eigenvalue weighted by Crippen LogP contribution is 2.38. The van der Waals surface area contributed by atoms with E-state index in [4.69, 9.17) is 4.74 Å². The highest BCUT2D eigenvalue weighted by atomic mass is 16.5. The van der Waals surface area contributed by atoms with Crippen LogP contribution in [0.5, 0.6) is 0 Å². The van der Waals surface area contributed by atoms with Gasteiger partial charge in [-0.3, -0.25) is 4.90 Å². The maximum Gasteiger partial charge on any atom is 0.0746 e. The summed E-state index contributed by atoms with van der Waals surface area (Å²) in [6.45, 7) is 12.6. The normalized spacial score (nSPS) is 36.2. The predicted octanol–water partition coefficient (Wildman–Crippen LogP) is 2.53. The molecule has 0 bridgehead atoms. The van der Waals surface area contributed by atoms with Crippen LogP contribution in [0.1, 0.15) is 47.0 Å². The van der Waals surface area contributed by atoms with Gasteiger partial charge in [-0.1, -0.05) is 13.8 Å². The van der Waals surface area contributed by atoms with E-state index >= 15 is 0 Å². The number of morpholine rings is 1. The molecule has 112 valence electrons. The number of nitrogens with zero attached hydrogens (tertiary/aromatic N) is 1. The highest BCUT2D eigenvalue weighted by molar-refractivity contribution is 4.95. The van der Waals surface area contributed by atoms with Gasteiger partial charge in [-0.05, 0) is 50.9 Å². The van der Waals surface area contributed by atoms with E-state index in [1.165, 1.54) is 19.3 Å².